The second kappa shape index (κ2) is 12.4. The lowest BCUT2D eigenvalue weighted by atomic mass is 9.95. The first-order valence-corrected chi connectivity index (χ1v) is 14.4. The van der Waals surface area contributed by atoms with Crippen molar-refractivity contribution in [2.75, 3.05) is 24.5 Å². The summed E-state index contributed by atoms with van der Waals surface area (Å²) in [5.41, 5.74) is 1.35. The largest absolute Gasteiger partial charge is 0.444 e. The molecule has 0 spiro atoms. The molecule has 3 heterocycles. The van der Waals surface area contributed by atoms with Crippen molar-refractivity contribution in [3.8, 4) is 11.1 Å². The molecule has 0 radical (unpaired) electrons. The maximum Gasteiger partial charge on any atom is 0.407 e. The van der Waals surface area contributed by atoms with Gasteiger partial charge in [-0.15, -0.1) is 0 Å². The smallest absolute Gasteiger partial charge is 0.407 e. The van der Waals surface area contributed by atoms with Crippen molar-refractivity contribution in [1.82, 2.24) is 25.4 Å². The molecule has 0 aliphatic carbocycles. The minimum absolute atomic E-state index is 0.192. The van der Waals surface area contributed by atoms with Gasteiger partial charge in [0.15, 0.2) is 5.82 Å². The predicted octanol–water partition coefficient (Wildman–Crippen LogP) is 6.36. The van der Waals surface area contributed by atoms with Crippen molar-refractivity contribution >= 4 is 22.8 Å². The number of fused-ring (bicyclic) bond motifs is 1. The van der Waals surface area contributed by atoms with Crippen molar-refractivity contribution in [3.63, 3.8) is 0 Å². The number of carbonyl (C=O) groups excluding carboxylic acids is 1. The number of carbonyl (C=O) groups is 1. The fourth-order valence-electron chi connectivity index (χ4n) is 5.22. The van der Waals surface area contributed by atoms with Crippen LogP contribution >= 0.6 is 0 Å². The van der Waals surface area contributed by atoms with Gasteiger partial charge in [0.1, 0.15) is 29.4 Å². The molecule has 1 aliphatic heterocycles. The highest BCUT2D eigenvalue weighted by molar-refractivity contribution is 5.99. The molecule has 1 saturated heterocycles. The molecule has 1 N–H and O–H groups in total. The molecular weight excluding hydrogens is 542 g/mol. The number of aryl methyl sites for hydroxylation is 1. The van der Waals surface area contributed by atoms with Gasteiger partial charge >= 0.3 is 6.09 Å². The number of rotatable bonds is 8. The monoisotopic (exact) mass is 578 g/mol. The second-order valence-electron chi connectivity index (χ2n) is 11.6. The van der Waals surface area contributed by atoms with Gasteiger partial charge in [0, 0.05) is 42.9 Å². The van der Waals surface area contributed by atoms with E-state index >= 15 is 4.39 Å². The van der Waals surface area contributed by atoms with Crippen molar-refractivity contribution in [2.45, 2.75) is 71.3 Å². The van der Waals surface area contributed by atoms with E-state index < -0.39 is 23.3 Å². The number of hydrogen-bond donors (Lipinski definition) is 1. The fourth-order valence-corrected chi connectivity index (χ4v) is 5.22. The number of amides is 1. The van der Waals surface area contributed by atoms with E-state index in [0.29, 0.717) is 52.4 Å². The average molecular weight is 579 g/mol. The van der Waals surface area contributed by atoms with Gasteiger partial charge in [-0.05, 0) is 75.8 Å². The Morgan fingerprint density at radius 2 is 1.90 bits per heavy atom. The maximum absolute atomic E-state index is 15.1. The third-order valence-electron chi connectivity index (χ3n) is 7.22. The molecule has 9 nitrogen and oxygen atoms in total. The van der Waals surface area contributed by atoms with Gasteiger partial charge in [0.2, 0.25) is 5.89 Å². The van der Waals surface area contributed by atoms with Crippen LogP contribution in [0, 0.1) is 11.6 Å². The molecule has 0 atom stereocenters. The summed E-state index contributed by atoms with van der Waals surface area (Å²) in [5.74, 6) is 1.34. The zero-order chi connectivity index (χ0) is 29.9. The molecule has 0 saturated carbocycles. The number of ether oxygens (including phenoxy) is 1. The summed E-state index contributed by atoms with van der Waals surface area (Å²) in [6.45, 7) is 9.01. The highest BCUT2D eigenvalue weighted by atomic mass is 19.1. The predicted molar refractivity (Wildman–Crippen MR) is 155 cm³/mol. The molecule has 222 valence electrons. The Morgan fingerprint density at radius 1 is 1.12 bits per heavy atom. The lowest BCUT2D eigenvalue weighted by Crippen LogP contribution is -2.34. The summed E-state index contributed by atoms with van der Waals surface area (Å²) in [4.78, 5) is 27.5. The van der Waals surface area contributed by atoms with E-state index in [9.17, 15) is 9.18 Å². The van der Waals surface area contributed by atoms with Gasteiger partial charge < -0.3 is 19.5 Å². The number of nitrogens with one attached hydrogen (secondary N) is 1. The van der Waals surface area contributed by atoms with E-state index in [1.165, 1.54) is 24.5 Å². The SMILES string of the molecule is CCCc1nc(C2CCN(c3ncnc4c(-c5ccc(CCNC(=O)OC(C)(C)C)c(F)c5)cc(F)cc34)CC2)no1. The summed E-state index contributed by atoms with van der Waals surface area (Å²) in [6.07, 6.45) is 4.54. The number of anilines is 1. The lowest BCUT2D eigenvalue weighted by Gasteiger charge is -2.32. The standard InChI is InChI=1S/C31H36F2N6O3/c1-5-6-26-37-28(38-42-26)20-10-13-39(14-11-20)29-24-17-22(32)16-23(27(24)35-18-36-29)21-8-7-19(25(33)15-21)9-12-34-30(40)41-31(2,3)4/h7-8,15-18,20H,5-6,9-14H2,1-4H3,(H,34,40). The van der Waals surface area contributed by atoms with Crippen LogP contribution in [-0.2, 0) is 17.6 Å². The van der Waals surface area contributed by atoms with Crippen LogP contribution in [0.4, 0.5) is 19.4 Å². The quantitative estimate of drug-likeness (QED) is 0.257. The second-order valence-corrected chi connectivity index (χ2v) is 11.6. The average Bonchev–Trinajstić information content (AvgIpc) is 3.41. The number of aromatic nitrogens is 4. The Hall–Kier alpha value is -4.15. The Kier molecular flexibility index (Phi) is 8.65. The summed E-state index contributed by atoms with van der Waals surface area (Å²) in [5, 5.41) is 7.39. The minimum atomic E-state index is -0.613. The molecule has 5 rings (SSSR count). The van der Waals surface area contributed by atoms with Gasteiger partial charge in [-0.25, -0.2) is 23.5 Å². The van der Waals surface area contributed by atoms with E-state index in [4.69, 9.17) is 9.26 Å². The van der Waals surface area contributed by atoms with Crippen LogP contribution in [0.25, 0.3) is 22.0 Å². The number of halogens is 2. The van der Waals surface area contributed by atoms with E-state index in [-0.39, 0.29) is 18.9 Å². The molecule has 2 aromatic carbocycles. The molecule has 1 aliphatic rings. The molecule has 11 heteroatoms. The molecular formula is C31H36F2N6O3. The summed E-state index contributed by atoms with van der Waals surface area (Å²) >= 11 is 0. The third kappa shape index (κ3) is 6.83. The van der Waals surface area contributed by atoms with Crippen LogP contribution < -0.4 is 10.2 Å². The highest BCUT2D eigenvalue weighted by Crippen LogP contribution is 2.36. The van der Waals surface area contributed by atoms with E-state index in [0.717, 1.165) is 31.5 Å². The van der Waals surface area contributed by atoms with Crippen molar-refractivity contribution in [1.29, 1.82) is 0 Å². The first-order valence-electron chi connectivity index (χ1n) is 14.4. The fraction of sp³-hybridized carbons (Fsp3) is 0.452. The van der Waals surface area contributed by atoms with Crippen molar-refractivity contribution < 1.29 is 22.8 Å². The van der Waals surface area contributed by atoms with Crippen LogP contribution in [0.1, 0.15) is 70.2 Å². The Labute approximate surface area is 243 Å². The highest BCUT2D eigenvalue weighted by Gasteiger charge is 2.27. The minimum Gasteiger partial charge on any atom is -0.444 e. The maximum atomic E-state index is 15.1. The first-order chi connectivity index (χ1) is 20.1. The molecule has 42 heavy (non-hydrogen) atoms. The summed E-state index contributed by atoms with van der Waals surface area (Å²) < 4.78 is 40.7. The first kappa shape index (κ1) is 29.3. The van der Waals surface area contributed by atoms with Gasteiger partial charge in [0.05, 0.1) is 5.52 Å². The zero-order valence-electron chi connectivity index (χ0n) is 24.4. The zero-order valence-corrected chi connectivity index (χ0v) is 24.4. The molecule has 1 amide bonds. The molecule has 0 unspecified atom stereocenters. The van der Waals surface area contributed by atoms with Gasteiger partial charge in [0.25, 0.3) is 0 Å². The normalized spacial score (nSPS) is 14.4. The number of benzene rings is 2. The van der Waals surface area contributed by atoms with Crippen LogP contribution in [0.15, 0.2) is 41.2 Å². The molecule has 4 aromatic rings. The van der Waals surface area contributed by atoms with Crippen LogP contribution in [0.3, 0.4) is 0 Å². The van der Waals surface area contributed by atoms with Gasteiger partial charge in [-0.2, -0.15) is 4.98 Å². The van der Waals surface area contributed by atoms with Gasteiger partial charge in [-0.1, -0.05) is 24.2 Å². The van der Waals surface area contributed by atoms with E-state index in [1.54, 1.807) is 32.9 Å². The van der Waals surface area contributed by atoms with Crippen molar-refractivity contribution in [2.24, 2.45) is 0 Å². The Morgan fingerprint density at radius 3 is 2.62 bits per heavy atom. The molecule has 1 fully saturated rings. The lowest BCUT2D eigenvalue weighted by molar-refractivity contribution is 0.0528. The van der Waals surface area contributed by atoms with E-state index in [1.807, 2.05) is 0 Å². The van der Waals surface area contributed by atoms with E-state index in [2.05, 4.69) is 37.2 Å². The summed E-state index contributed by atoms with van der Waals surface area (Å²) in [6, 6.07) is 7.57. The van der Waals surface area contributed by atoms with Crippen LogP contribution in [0.2, 0.25) is 0 Å². The Bertz CT molecular complexity index is 1560. The van der Waals surface area contributed by atoms with Crippen LogP contribution in [-0.4, -0.2) is 51.4 Å². The number of nitrogens with zero attached hydrogens (tertiary/aromatic N) is 5. The number of alkyl carbamates (subject to hydrolysis) is 1. The van der Waals surface area contributed by atoms with Crippen LogP contribution in [0.5, 0.6) is 0 Å². The Balaban J connectivity index is 1.32. The van der Waals surface area contributed by atoms with Crippen molar-refractivity contribution in [3.05, 3.63) is 65.6 Å². The topological polar surface area (TPSA) is 106 Å². The molecule has 0 bridgehead atoms. The molecule has 2 aromatic heterocycles. The van der Waals surface area contributed by atoms with Gasteiger partial charge in [-0.3, -0.25) is 0 Å². The third-order valence-corrected chi connectivity index (χ3v) is 7.22. The number of piperidine rings is 1. The number of hydrogen-bond acceptors (Lipinski definition) is 8. The summed E-state index contributed by atoms with van der Waals surface area (Å²) in [7, 11) is 0.